The monoisotopic (exact) mass is 296 g/mol. The Balaban J connectivity index is 2.03. The van der Waals surface area contributed by atoms with Gasteiger partial charge in [0.1, 0.15) is 5.69 Å². The first kappa shape index (κ1) is 15.8. The summed E-state index contributed by atoms with van der Waals surface area (Å²) in [4.78, 5) is 10.9. The van der Waals surface area contributed by atoms with Gasteiger partial charge in [0.15, 0.2) is 0 Å². The predicted octanol–water partition coefficient (Wildman–Crippen LogP) is 2.36. The summed E-state index contributed by atoms with van der Waals surface area (Å²) in [5.74, 6) is 0.258. The summed E-state index contributed by atoms with van der Waals surface area (Å²) in [5, 5.41) is 19.0. The molecule has 0 bridgehead atoms. The third-order valence-electron chi connectivity index (χ3n) is 3.84. The molecule has 0 aromatic carbocycles. The summed E-state index contributed by atoms with van der Waals surface area (Å²) >= 11 is 0. The van der Waals surface area contributed by atoms with Crippen molar-refractivity contribution < 1.29 is 9.66 Å². The molecule has 21 heavy (non-hydrogen) atoms. The van der Waals surface area contributed by atoms with Gasteiger partial charge < -0.3 is 10.1 Å². The van der Waals surface area contributed by atoms with E-state index >= 15 is 0 Å². The SMILES string of the molecule is CC(C)c1nn(C)c(OCCC2CCCCN2)c1[N+](=O)[O-]. The molecule has 1 saturated heterocycles. The first-order valence-electron chi connectivity index (χ1n) is 7.58. The van der Waals surface area contributed by atoms with Gasteiger partial charge in [0.2, 0.25) is 0 Å². The van der Waals surface area contributed by atoms with Gasteiger partial charge in [-0.15, -0.1) is 0 Å². The lowest BCUT2D eigenvalue weighted by Gasteiger charge is -2.23. The molecule has 1 unspecified atom stereocenters. The maximum atomic E-state index is 11.3. The standard InChI is InChI=1S/C14H24N4O3/c1-10(2)12-13(18(19)20)14(17(3)16-12)21-9-7-11-6-4-5-8-15-11/h10-11,15H,4-9H2,1-3H3. The second-order valence-electron chi connectivity index (χ2n) is 5.86. The van der Waals surface area contributed by atoms with Crippen LogP contribution in [0.2, 0.25) is 0 Å². The number of rotatable bonds is 6. The summed E-state index contributed by atoms with van der Waals surface area (Å²) in [7, 11) is 1.69. The van der Waals surface area contributed by atoms with Crippen LogP contribution in [-0.2, 0) is 7.05 Å². The molecule has 118 valence electrons. The Morgan fingerprint density at radius 1 is 1.52 bits per heavy atom. The average Bonchev–Trinajstić information content (AvgIpc) is 2.78. The molecule has 0 spiro atoms. The van der Waals surface area contributed by atoms with Crippen molar-refractivity contribution >= 4 is 5.69 Å². The molecule has 1 aromatic heterocycles. The highest BCUT2D eigenvalue weighted by molar-refractivity contribution is 5.47. The maximum absolute atomic E-state index is 11.3. The normalized spacial score (nSPS) is 19.0. The van der Waals surface area contributed by atoms with Crippen molar-refractivity contribution in [2.24, 2.45) is 7.05 Å². The molecule has 1 fully saturated rings. The van der Waals surface area contributed by atoms with E-state index in [0.717, 1.165) is 19.4 Å². The van der Waals surface area contributed by atoms with E-state index in [2.05, 4.69) is 10.4 Å². The number of hydrogen-bond acceptors (Lipinski definition) is 5. The molecule has 0 aliphatic carbocycles. The van der Waals surface area contributed by atoms with Crippen LogP contribution in [0.3, 0.4) is 0 Å². The minimum atomic E-state index is -0.392. The molecule has 2 rings (SSSR count). The topological polar surface area (TPSA) is 82.2 Å². The quantitative estimate of drug-likeness (QED) is 0.643. The van der Waals surface area contributed by atoms with Crippen LogP contribution in [-0.4, -0.2) is 33.9 Å². The Morgan fingerprint density at radius 3 is 2.86 bits per heavy atom. The fourth-order valence-corrected chi connectivity index (χ4v) is 2.71. The van der Waals surface area contributed by atoms with E-state index in [-0.39, 0.29) is 17.5 Å². The van der Waals surface area contributed by atoms with E-state index in [1.54, 1.807) is 7.05 Å². The van der Waals surface area contributed by atoms with Gasteiger partial charge >= 0.3 is 5.69 Å². The number of nitrogens with one attached hydrogen (secondary N) is 1. The van der Waals surface area contributed by atoms with Crippen LogP contribution in [0.4, 0.5) is 5.69 Å². The largest absolute Gasteiger partial charge is 0.473 e. The highest BCUT2D eigenvalue weighted by Gasteiger charge is 2.30. The van der Waals surface area contributed by atoms with Crippen molar-refractivity contribution in [2.75, 3.05) is 13.2 Å². The Kier molecular flexibility index (Phi) is 5.17. The van der Waals surface area contributed by atoms with Crippen LogP contribution >= 0.6 is 0 Å². The Hall–Kier alpha value is -1.63. The maximum Gasteiger partial charge on any atom is 0.353 e. The number of piperidine rings is 1. The Bertz CT molecular complexity index is 493. The second-order valence-corrected chi connectivity index (χ2v) is 5.86. The minimum Gasteiger partial charge on any atom is -0.473 e. The van der Waals surface area contributed by atoms with Crippen molar-refractivity contribution in [3.05, 3.63) is 15.8 Å². The van der Waals surface area contributed by atoms with Gasteiger partial charge in [0, 0.05) is 19.0 Å². The van der Waals surface area contributed by atoms with Crippen molar-refractivity contribution in [3.63, 3.8) is 0 Å². The summed E-state index contributed by atoms with van der Waals surface area (Å²) < 4.78 is 7.16. The smallest absolute Gasteiger partial charge is 0.353 e. The molecule has 0 radical (unpaired) electrons. The molecule has 0 saturated carbocycles. The van der Waals surface area contributed by atoms with Crippen LogP contribution in [0.15, 0.2) is 0 Å². The van der Waals surface area contributed by atoms with Crippen LogP contribution in [0.1, 0.15) is 51.1 Å². The number of nitrogens with zero attached hydrogens (tertiary/aromatic N) is 3. The minimum absolute atomic E-state index is 0.00380. The first-order chi connectivity index (χ1) is 10.0. The number of aromatic nitrogens is 2. The number of nitro groups is 1. The lowest BCUT2D eigenvalue weighted by atomic mass is 10.0. The molecule has 0 amide bonds. The van der Waals surface area contributed by atoms with Gasteiger partial charge in [-0.3, -0.25) is 10.1 Å². The fourth-order valence-electron chi connectivity index (χ4n) is 2.71. The van der Waals surface area contributed by atoms with Gasteiger partial charge in [-0.2, -0.15) is 5.10 Å². The van der Waals surface area contributed by atoms with Crippen molar-refractivity contribution in [1.82, 2.24) is 15.1 Å². The summed E-state index contributed by atoms with van der Waals surface area (Å²) in [6, 6.07) is 0.454. The Labute approximate surface area is 124 Å². The molecule has 7 nitrogen and oxygen atoms in total. The molecular weight excluding hydrogens is 272 g/mol. The van der Waals surface area contributed by atoms with Crippen LogP contribution < -0.4 is 10.1 Å². The molecule has 1 aliphatic heterocycles. The molecule has 1 N–H and O–H groups in total. The molecular formula is C14H24N4O3. The highest BCUT2D eigenvalue weighted by atomic mass is 16.6. The highest BCUT2D eigenvalue weighted by Crippen LogP contribution is 2.34. The van der Waals surface area contributed by atoms with Gasteiger partial charge in [0.05, 0.1) is 11.5 Å². The molecule has 2 heterocycles. The van der Waals surface area contributed by atoms with Gasteiger partial charge in [0.25, 0.3) is 5.88 Å². The van der Waals surface area contributed by atoms with Crippen LogP contribution in [0.5, 0.6) is 5.88 Å². The third kappa shape index (κ3) is 3.72. The van der Waals surface area contributed by atoms with Gasteiger partial charge in [-0.1, -0.05) is 20.3 Å². The van der Waals surface area contributed by atoms with E-state index in [9.17, 15) is 10.1 Å². The molecule has 7 heteroatoms. The third-order valence-corrected chi connectivity index (χ3v) is 3.84. The first-order valence-corrected chi connectivity index (χ1v) is 7.58. The number of ether oxygens (including phenoxy) is 1. The predicted molar refractivity (Wildman–Crippen MR) is 79.7 cm³/mol. The van der Waals surface area contributed by atoms with E-state index < -0.39 is 4.92 Å². The van der Waals surface area contributed by atoms with E-state index in [0.29, 0.717) is 18.3 Å². The van der Waals surface area contributed by atoms with Crippen LogP contribution in [0.25, 0.3) is 0 Å². The number of aryl methyl sites for hydroxylation is 1. The lowest BCUT2D eigenvalue weighted by molar-refractivity contribution is -0.386. The van der Waals surface area contributed by atoms with Crippen LogP contribution in [0, 0.1) is 10.1 Å². The molecule has 1 atom stereocenters. The van der Waals surface area contributed by atoms with E-state index in [1.807, 2.05) is 13.8 Å². The lowest BCUT2D eigenvalue weighted by Crippen LogP contribution is -2.35. The summed E-state index contributed by atoms with van der Waals surface area (Å²) in [5.41, 5.74) is 0.484. The zero-order valence-corrected chi connectivity index (χ0v) is 13.0. The zero-order chi connectivity index (χ0) is 15.4. The second kappa shape index (κ2) is 6.89. The summed E-state index contributed by atoms with van der Waals surface area (Å²) in [6.45, 7) is 5.31. The van der Waals surface area contributed by atoms with Gasteiger partial charge in [-0.25, -0.2) is 4.68 Å². The van der Waals surface area contributed by atoms with E-state index in [4.69, 9.17) is 4.74 Å². The zero-order valence-electron chi connectivity index (χ0n) is 13.0. The average molecular weight is 296 g/mol. The van der Waals surface area contributed by atoms with E-state index in [1.165, 1.54) is 17.5 Å². The summed E-state index contributed by atoms with van der Waals surface area (Å²) in [6.07, 6.45) is 4.47. The van der Waals surface area contributed by atoms with Crippen molar-refractivity contribution in [1.29, 1.82) is 0 Å². The van der Waals surface area contributed by atoms with Gasteiger partial charge in [-0.05, 0) is 25.8 Å². The fraction of sp³-hybridized carbons (Fsp3) is 0.786. The Morgan fingerprint density at radius 2 is 2.29 bits per heavy atom. The van der Waals surface area contributed by atoms with Crippen molar-refractivity contribution in [3.8, 4) is 5.88 Å². The number of hydrogen-bond donors (Lipinski definition) is 1. The van der Waals surface area contributed by atoms with Crippen molar-refractivity contribution in [2.45, 2.75) is 51.5 Å². The molecule has 1 aromatic rings. The molecule has 1 aliphatic rings.